The number of benzene rings is 3. The van der Waals surface area contributed by atoms with E-state index < -0.39 is 11.7 Å². The Morgan fingerprint density at radius 3 is 2.19 bits per heavy atom. The molecule has 0 N–H and O–H groups in total. The van der Waals surface area contributed by atoms with Gasteiger partial charge in [0.05, 0.1) is 5.56 Å². The maximum absolute atomic E-state index is 12.7. The molecule has 4 heteroatoms. The number of hydrogen-bond donors (Lipinski definition) is 0. The average molecular weight is 350 g/mol. The van der Waals surface area contributed by atoms with Crippen molar-refractivity contribution in [1.82, 2.24) is 4.57 Å². The van der Waals surface area contributed by atoms with Crippen molar-refractivity contribution in [1.29, 1.82) is 0 Å². The highest BCUT2D eigenvalue weighted by molar-refractivity contribution is 5.85. The minimum absolute atomic E-state index is 0.636. The quantitative estimate of drug-likeness (QED) is 0.416. The highest BCUT2D eigenvalue weighted by atomic mass is 19.4. The normalized spacial score (nSPS) is 11.8. The van der Waals surface area contributed by atoms with Crippen LogP contribution in [-0.4, -0.2) is 4.57 Å². The smallest absolute Gasteiger partial charge is 0.342 e. The molecule has 0 aliphatic heterocycles. The molecule has 1 nitrogen and oxygen atoms in total. The lowest BCUT2D eigenvalue weighted by atomic mass is 10.0. The Hall–Kier alpha value is -3.01. The van der Waals surface area contributed by atoms with Gasteiger partial charge in [-0.15, -0.1) is 0 Å². The van der Waals surface area contributed by atoms with Crippen molar-refractivity contribution in [2.75, 3.05) is 0 Å². The molecule has 0 bridgehead atoms. The lowest BCUT2D eigenvalue weighted by molar-refractivity contribution is -0.137. The third-order valence-corrected chi connectivity index (χ3v) is 4.42. The van der Waals surface area contributed by atoms with Crippen LogP contribution in [0.25, 0.3) is 22.0 Å². The van der Waals surface area contributed by atoms with Gasteiger partial charge in [-0.1, -0.05) is 48.5 Å². The van der Waals surface area contributed by atoms with Crippen molar-refractivity contribution in [3.05, 3.63) is 96.2 Å². The zero-order valence-corrected chi connectivity index (χ0v) is 13.8. The van der Waals surface area contributed by atoms with Crippen molar-refractivity contribution in [2.45, 2.75) is 12.7 Å². The van der Waals surface area contributed by atoms with Gasteiger partial charge in [0.1, 0.15) is 0 Å². The first-order chi connectivity index (χ1) is 12.5. The van der Waals surface area contributed by atoms with Crippen molar-refractivity contribution in [3.8, 4) is 11.1 Å². The SMILES string of the molecule is FC(F)(F)c1ccc(-c2ccc3c([c]cn3Cc3ccccc3)c2)cc1. The Balaban J connectivity index is 1.64. The van der Waals surface area contributed by atoms with Crippen molar-refractivity contribution >= 4 is 10.9 Å². The van der Waals surface area contributed by atoms with Gasteiger partial charge in [-0.2, -0.15) is 13.2 Å². The van der Waals surface area contributed by atoms with Crippen LogP contribution in [0.4, 0.5) is 13.2 Å². The van der Waals surface area contributed by atoms with Gasteiger partial charge in [-0.05, 0) is 41.0 Å². The summed E-state index contributed by atoms with van der Waals surface area (Å²) in [5.74, 6) is 0. The fraction of sp³-hybridized carbons (Fsp3) is 0.0909. The molecular weight excluding hydrogens is 335 g/mol. The van der Waals surface area contributed by atoms with E-state index in [1.165, 1.54) is 17.7 Å². The molecule has 0 saturated heterocycles. The van der Waals surface area contributed by atoms with E-state index in [4.69, 9.17) is 0 Å². The molecule has 3 aromatic carbocycles. The van der Waals surface area contributed by atoms with E-state index in [2.05, 4.69) is 22.8 Å². The third kappa shape index (κ3) is 3.23. The largest absolute Gasteiger partial charge is 0.416 e. The van der Waals surface area contributed by atoms with Crippen molar-refractivity contribution < 1.29 is 13.2 Å². The number of aromatic nitrogens is 1. The fourth-order valence-corrected chi connectivity index (χ4v) is 3.06. The summed E-state index contributed by atoms with van der Waals surface area (Å²) < 4.78 is 40.2. The Labute approximate surface area is 149 Å². The van der Waals surface area contributed by atoms with Crippen LogP contribution in [0.2, 0.25) is 0 Å². The molecule has 1 heterocycles. The van der Waals surface area contributed by atoms with Gasteiger partial charge in [-0.25, -0.2) is 0 Å². The molecule has 4 aromatic rings. The Bertz CT molecular complexity index is 1030. The first-order valence-corrected chi connectivity index (χ1v) is 8.23. The number of nitrogens with zero attached hydrogens (tertiary/aromatic N) is 1. The molecule has 0 atom stereocenters. The van der Waals surface area contributed by atoms with Crippen molar-refractivity contribution in [3.63, 3.8) is 0 Å². The standard InChI is InChI=1S/C22H15F3N/c23-22(24,25)20-9-6-17(7-10-20)18-8-11-21-19(14-18)12-13-26(21)15-16-4-2-1-3-5-16/h1-11,13-14H,15H2. The summed E-state index contributed by atoms with van der Waals surface area (Å²) in [6, 6.07) is 24.5. The van der Waals surface area contributed by atoms with E-state index in [0.29, 0.717) is 0 Å². The molecule has 129 valence electrons. The molecule has 26 heavy (non-hydrogen) atoms. The predicted molar refractivity (Wildman–Crippen MR) is 96.8 cm³/mol. The predicted octanol–water partition coefficient (Wildman–Crippen LogP) is 6.18. The van der Waals surface area contributed by atoms with Crippen LogP contribution in [0.15, 0.2) is 79.0 Å². The maximum Gasteiger partial charge on any atom is 0.416 e. The number of hydrogen-bond acceptors (Lipinski definition) is 0. The lowest BCUT2D eigenvalue weighted by Gasteiger charge is -2.09. The highest BCUT2D eigenvalue weighted by Gasteiger charge is 2.29. The zero-order valence-electron chi connectivity index (χ0n) is 13.8. The lowest BCUT2D eigenvalue weighted by Crippen LogP contribution is -2.03. The molecular formula is C22H15F3N. The molecule has 0 spiro atoms. The highest BCUT2D eigenvalue weighted by Crippen LogP contribution is 2.32. The number of alkyl halides is 3. The minimum atomic E-state index is -4.31. The Kier molecular flexibility index (Phi) is 4.03. The molecule has 0 unspecified atom stereocenters. The van der Waals surface area contributed by atoms with E-state index in [1.54, 1.807) is 0 Å². The van der Waals surface area contributed by atoms with E-state index in [-0.39, 0.29) is 0 Å². The van der Waals surface area contributed by atoms with E-state index >= 15 is 0 Å². The van der Waals surface area contributed by atoms with Gasteiger partial charge in [0, 0.05) is 29.7 Å². The van der Waals surface area contributed by atoms with Crippen LogP contribution in [-0.2, 0) is 12.7 Å². The van der Waals surface area contributed by atoms with Crippen LogP contribution < -0.4 is 0 Å². The second-order valence-electron chi connectivity index (χ2n) is 6.19. The fourth-order valence-electron chi connectivity index (χ4n) is 3.06. The molecule has 4 rings (SSSR count). The molecule has 0 saturated carbocycles. The van der Waals surface area contributed by atoms with Crippen LogP contribution in [0.1, 0.15) is 11.1 Å². The number of rotatable bonds is 3. The second-order valence-corrected chi connectivity index (χ2v) is 6.19. The van der Waals surface area contributed by atoms with Crippen LogP contribution in [0.5, 0.6) is 0 Å². The van der Waals surface area contributed by atoms with Crippen LogP contribution in [0.3, 0.4) is 0 Å². The summed E-state index contributed by atoms with van der Waals surface area (Å²) in [7, 11) is 0. The average Bonchev–Trinajstić information content (AvgIpc) is 3.04. The minimum Gasteiger partial charge on any atom is -0.342 e. The van der Waals surface area contributed by atoms with Gasteiger partial charge in [0.2, 0.25) is 0 Å². The summed E-state index contributed by atoms with van der Waals surface area (Å²) in [6.45, 7) is 0.750. The number of halogens is 3. The molecule has 0 fully saturated rings. The zero-order chi connectivity index (χ0) is 18.1. The molecule has 1 radical (unpaired) electrons. The van der Waals surface area contributed by atoms with Gasteiger partial charge in [0.25, 0.3) is 0 Å². The summed E-state index contributed by atoms with van der Waals surface area (Å²) in [4.78, 5) is 0. The van der Waals surface area contributed by atoms with Gasteiger partial charge in [-0.3, -0.25) is 0 Å². The molecule has 0 amide bonds. The van der Waals surface area contributed by atoms with E-state index in [9.17, 15) is 13.2 Å². The van der Waals surface area contributed by atoms with Gasteiger partial charge < -0.3 is 4.57 Å². The first-order valence-electron chi connectivity index (χ1n) is 8.23. The number of fused-ring (bicyclic) bond motifs is 1. The Morgan fingerprint density at radius 2 is 1.50 bits per heavy atom. The summed E-state index contributed by atoms with van der Waals surface area (Å²) >= 11 is 0. The topological polar surface area (TPSA) is 4.93 Å². The van der Waals surface area contributed by atoms with E-state index in [1.807, 2.05) is 42.6 Å². The Morgan fingerprint density at radius 1 is 0.808 bits per heavy atom. The maximum atomic E-state index is 12.7. The second kappa shape index (κ2) is 6.37. The summed E-state index contributed by atoms with van der Waals surface area (Å²) in [5.41, 5.74) is 3.24. The van der Waals surface area contributed by atoms with Crippen LogP contribution in [0, 0.1) is 6.07 Å². The summed E-state index contributed by atoms with van der Waals surface area (Å²) in [5, 5.41) is 0.943. The molecule has 0 aliphatic carbocycles. The van der Waals surface area contributed by atoms with Gasteiger partial charge >= 0.3 is 6.18 Å². The van der Waals surface area contributed by atoms with Gasteiger partial charge in [0.15, 0.2) is 0 Å². The van der Waals surface area contributed by atoms with Crippen molar-refractivity contribution in [2.24, 2.45) is 0 Å². The van der Waals surface area contributed by atoms with E-state index in [0.717, 1.165) is 40.7 Å². The van der Waals surface area contributed by atoms with Crippen LogP contribution >= 0.6 is 0 Å². The molecule has 0 aliphatic rings. The monoisotopic (exact) mass is 350 g/mol. The molecule has 1 aromatic heterocycles. The third-order valence-electron chi connectivity index (χ3n) is 4.42. The summed E-state index contributed by atoms with van der Waals surface area (Å²) in [6.07, 6.45) is -2.40. The first kappa shape index (κ1) is 16.5.